The largest absolute Gasteiger partial charge is 0.419 e. The average Bonchev–Trinajstić information content (AvgIpc) is 2.78. The minimum atomic E-state index is -0.985. The third-order valence-electron chi connectivity index (χ3n) is 2.42. The molecule has 0 saturated carbocycles. The zero-order chi connectivity index (χ0) is 14.0. The van der Waals surface area contributed by atoms with Crippen LogP contribution >= 0.6 is 0 Å². The summed E-state index contributed by atoms with van der Waals surface area (Å²) in [6.45, 7) is 6.36. The van der Waals surface area contributed by atoms with Crippen LogP contribution in [0.4, 0.5) is 8.78 Å². The van der Waals surface area contributed by atoms with Gasteiger partial charge in [0.25, 0.3) is 5.89 Å². The molecule has 0 bridgehead atoms. The molecule has 0 unspecified atom stereocenters. The van der Waals surface area contributed by atoms with Crippen LogP contribution in [0, 0.1) is 11.6 Å². The highest BCUT2D eigenvalue weighted by atomic mass is 19.2. The Morgan fingerprint density at radius 1 is 1.21 bits per heavy atom. The molecule has 0 amide bonds. The molecule has 0 aliphatic heterocycles. The molecule has 0 spiro atoms. The highest BCUT2D eigenvalue weighted by molar-refractivity contribution is 5.53. The molecule has 0 saturated heterocycles. The molecular formula is C13H15F2N3O. The number of halogens is 2. The molecule has 1 heterocycles. The van der Waals surface area contributed by atoms with Crippen LogP contribution in [0.15, 0.2) is 22.6 Å². The minimum Gasteiger partial charge on any atom is -0.419 e. The van der Waals surface area contributed by atoms with Gasteiger partial charge in [-0.05, 0) is 32.9 Å². The molecule has 1 aromatic heterocycles. The summed E-state index contributed by atoms with van der Waals surface area (Å²) in [5.41, 5.74) is -0.131. The van der Waals surface area contributed by atoms with Crippen LogP contribution in [0.1, 0.15) is 26.7 Å². The van der Waals surface area contributed by atoms with E-state index in [0.717, 1.165) is 6.07 Å². The third kappa shape index (κ3) is 3.35. The first-order chi connectivity index (χ1) is 8.87. The molecular weight excluding hydrogens is 252 g/mol. The van der Waals surface area contributed by atoms with Crippen molar-refractivity contribution in [3.8, 4) is 11.5 Å². The van der Waals surface area contributed by atoms with Gasteiger partial charge in [0.15, 0.2) is 11.6 Å². The highest BCUT2D eigenvalue weighted by Gasteiger charge is 2.17. The SMILES string of the molecule is CC(C)(C)NCc1nnc(-c2cccc(F)c2F)o1. The van der Waals surface area contributed by atoms with Gasteiger partial charge in [-0.2, -0.15) is 0 Å². The third-order valence-corrected chi connectivity index (χ3v) is 2.42. The topological polar surface area (TPSA) is 51.0 Å². The Labute approximate surface area is 109 Å². The molecule has 2 aromatic rings. The summed E-state index contributed by atoms with van der Waals surface area (Å²) in [7, 11) is 0. The van der Waals surface area contributed by atoms with Gasteiger partial charge in [-0.3, -0.25) is 0 Å². The quantitative estimate of drug-likeness (QED) is 0.929. The van der Waals surface area contributed by atoms with Crippen LogP contribution in [-0.2, 0) is 6.54 Å². The lowest BCUT2D eigenvalue weighted by Crippen LogP contribution is -2.35. The van der Waals surface area contributed by atoms with Crippen molar-refractivity contribution in [3.05, 3.63) is 35.7 Å². The summed E-state index contributed by atoms with van der Waals surface area (Å²) < 4.78 is 32.0. The van der Waals surface area contributed by atoms with E-state index in [4.69, 9.17) is 4.42 Å². The van der Waals surface area contributed by atoms with Gasteiger partial charge in [-0.25, -0.2) is 8.78 Å². The number of aromatic nitrogens is 2. The molecule has 6 heteroatoms. The Bertz CT molecular complexity index is 576. The Hall–Kier alpha value is -1.82. The van der Waals surface area contributed by atoms with E-state index in [-0.39, 0.29) is 17.0 Å². The van der Waals surface area contributed by atoms with Gasteiger partial charge in [0, 0.05) is 5.54 Å². The minimum absolute atomic E-state index is 0.0253. The standard InChI is InChI=1S/C13H15F2N3O/c1-13(2,3)16-7-10-17-18-12(19-10)8-5-4-6-9(14)11(8)15/h4-6,16H,7H2,1-3H3. The molecule has 0 fully saturated rings. The monoisotopic (exact) mass is 267 g/mol. The van der Waals surface area contributed by atoms with Crippen molar-refractivity contribution in [2.75, 3.05) is 0 Å². The summed E-state index contributed by atoms with van der Waals surface area (Å²) in [5, 5.41) is 10.7. The van der Waals surface area contributed by atoms with Crippen LogP contribution in [0.25, 0.3) is 11.5 Å². The van der Waals surface area contributed by atoms with Gasteiger partial charge >= 0.3 is 0 Å². The van der Waals surface area contributed by atoms with Crippen molar-refractivity contribution < 1.29 is 13.2 Å². The van der Waals surface area contributed by atoms with Crippen molar-refractivity contribution in [2.24, 2.45) is 0 Å². The summed E-state index contributed by atoms with van der Waals surface area (Å²) >= 11 is 0. The second-order valence-electron chi connectivity index (χ2n) is 5.21. The average molecular weight is 267 g/mol. The number of hydrogen-bond donors (Lipinski definition) is 1. The first-order valence-corrected chi connectivity index (χ1v) is 5.88. The van der Waals surface area contributed by atoms with E-state index < -0.39 is 11.6 Å². The lowest BCUT2D eigenvalue weighted by atomic mass is 10.1. The van der Waals surface area contributed by atoms with Gasteiger partial charge in [-0.15, -0.1) is 10.2 Å². The summed E-state index contributed by atoms with van der Waals surface area (Å²) in [6, 6.07) is 3.83. The maximum atomic E-state index is 13.6. The fourth-order valence-corrected chi connectivity index (χ4v) is 1.44. The Balaban J connectivity index is 2.19. The number of nitrogens with one attached hydrogen (secondary N) is 1. The van der Waals surface area contributed by atoms with Gasteiger partial charge in [0.2, 0.25) is 5.89 Å². The number of benzene rings is 1. The number of nitrogens with zero attached hydrogens (tertiary/aromatic N) is 2. The van der Waals surface area contributed by atoms with E-state index in [0.29, 0.717) is 12.4 Å². The van der Waals surface area contributed by atoms with E-state index in [1.165, 1.54) is 12.1 Å². The summed E-state index contributed by atoms with van der Waals surface area (Å²) in [4.78, 5) is 0. The molecule has 1 N–H and O–H groups in total. The predicted molar refractivity (Wildman–Crippen MR) is 66.2 cm³/mol. The molecule has 2 rings (SSSR count). The van der Waals surface area contributed by atoms with Crippen molar-refractivity contribution >= 4 is 0 Å². The maximum absolute atomic E-state index is 13.6. The van der Waals surface area contributed by atoms with Crippen molar-refractivity contribution in [1.82, 2.24) is 15.5 Å². The normalized spacial score (nSPS) is 11.8. The molecule has 0 radical (unpaired) electrons. The Kier molecular flexibility index (Phi) is 3.61. The van der Waals surface area contributed by atoms with Gasteiger partial charge in [0.05, 0.1) is 12.1 Å². The van der Waals surface area contributed by atoms with Crippen LogP contribution in [0.2, 0.25) is 0 Å². The molecule has 4 nitrogen and oxygen atoms in total. The van der Waals surface area contributed by atoms with Crippen LogP contribution in [0.3, 0.4) is 0 Å². The van der Waals surface area contributed by atoms with E-state index in [1.807, 2.05) is 20.8 Å². The lowest BCUT2D eigenvalue weighted by molar-refractivity contribution is 0.383. The number of hydrogen-bond acceptors (Lipinski definition) is 4. The molecule has 0 atom stereocenters. The first-order valence-electron chi connectivity index (χ1n) is 5.88. The van der Waals surface area contributed by atoms with Crippen molar-refractivity contribution in [2.45, 2.75) is 32.9 Å². The van der Waals surface area contributed by atoms with E-state index in [9.17, 15) is 8.78 Å². The molecule has 0 aliphatic carbocycles. The van der Waals surface area contributed by atoms with Gasteiger partial charge < -0.3 is 9.73 Å². The van der Waals surface area contributed by atoms with Gasteiger partial charge in [0.1, 0.15) is 0 Å². The summed E-state index contributed by atoms with van der Waals surface area (Å²) in [5.74, 6) is -1.62. The highest BCUT2D eigenvalue weighted by Crippen LogP contribution is 2.23. The van der Waals surface area contributed by atoms with Crippen LogP contribution in [-0.4, -0.2) is 15.7 Å². The van der Waals surface area contributed by atoms with Crippen LogP contribution in [0.5, 0.6) is 0 Å². The Morgan fingerprint density at radius 2 is 1.95 bits per heavy atom. The van der Waals surface area contributed by atoms with E-state index in [2.05, 4.69) is 15.5 Å². The zero-order valence-electron chi connectivity index (χ0n) is 11.0. The lowest BCUT2D eigenvalue weighted by Gasteiger charge is -2.18. The summed E-state index contributed by atoms with van der Waals surface area (Å²) in [6.07, 6.45) is 0. The first kappa shape index (κ1) is 13.6. The fourth-order valence-electron chi connectivity index (χ4n) is 1.44. The van der Waals surface area contributed by atoms with Crippen molar-refractivity contribution in [3.63, 3.8) is 0 Å². The molecule has 19 heavy (non-hydrogen) atoms. The molecule has 1 aromatic carbocycles. The molecule has 102 valence electrons. The van der Waals surface area contributed by atoms with Gasteiger partial charge in [-0.1, -0.05) is 6.07 Å². The fraction of sp³-hybridized carbons (Fsp3) is 0.385. The number of rotatable bonds is 3. The molecule has 0 aliphatic rings. The van der Waals surface area contributed by atoms with E-state index >= 15 is 0 Å². The second kappa shape index (κ2) is 5.05. The maximum Gasteiger partial charge on any atom is 0.250 e. The second-order valence-corrected chi connectivity index (χ2v) is 5.21. The van der Waals surface area contributed by atoms with E-state index in [1.54, 1.807) is 0 Å². The smallest absolute Gasteiger partial charge is 0.250 e. The zero-order valence-corrected chi connectivity index (χ0v) is 11.0. The van der Waals surface area contributed by atoms with Crippen LogP contribution < -0.4 is 5.32 Å². The van der Waals surface area contributed by atoms with Crippen molar-refractivity contribution in [1.29, 1.82) is 0 Å². The predicted octanol–water partition coefficient (Wildman–Crippen LogP) is 2.90. The Morgan fingerprint density at radius 3 is 2.63 bits per heavy atom.